The number of nitrogens with zero attached hydrogens (tertiary/aromatic N) is 4. The van der Waals surface area contributed by atoms with Crippen molar-refractivity contribution in [2.45, 2.75) is 12.6 Å². The van der Waals surface area contributed by atoms with E-state index in [2.05, 4.69) is 20.3 Å². The van der Waals surface area contributed by atoms with E-state index in [9.17, 15) is 17.6 Å². The van der Waals surface area contributed by atoms with E-state index < -0.39 is 11.7 Å². The van der Waals surface area contributed by atoms with Gasteiger partial charge in [-0.05, 0) is 48.0 Å². The lowest BCUT2D eigenvalue weighted by atomic mass is 10.00. The van der Waals surface area contributed by atoms with Crippen LogP contribution in [-0.4, -0.2) is 27.8 Å². The maximum atomic E-state index is 13.5. The van der Waals surface area contributed by atoms with E-state index in [1.54, 1.807) is 30.5 Å². The highest BCUT2D eigenvalue weighted by Crippen LogP contribution is 2.38. The number of alkyl halides is 3. The lowest BCUT2D eigenvalue weighted by molar-refractivity contribution is -0.137. The van der Waals surface area contributed by atoms with Crippen LogP contribution >= 0.6 is 0 Å². The van der Waals surface area contributed by atoms with E-state index >= 15 is 0 Å². The van der Waals surface area contributed by atoms with Crippen LogP contribution in [0.25, 0.3) is 11.3 Å². The highest BCUT2D eigenvalue weighted by Gasteiger charge is 2.30. The molecule has 0 fully saturated rings. The number of pyridine rings is 1. The fourth-order valence-electron chi connectivity index (χ4n) is 3.99. The zero-order valence-electron chi connectivity index (χ0n) is 19.9. The summed E-state index contributed by atoms with van der Waals surface area (Å²) in [6.45, 7) is 0. The van der Waals surface area contributed by atoms with Gasteiger partial charge >= 0.3 is 6.18 Å². The summed E-state index contributed by atoms with van der Waals surface area (Å²) >= 11 is 0. The molecule has 1 aliphatic heterocycles. The predicted molar refractivity (Wildman–Crippen MR) is 136 cm³/mol. The van der Waals surface area contributed by atoms with Crippen LogP contribution in [0.15, 0.2) is 78.0 Å². The monoisotopic (exact) mass is 520 g/mol. The second kappa shape index (κ2) is 9.92. The summed E-state index contributed by atoms with van der Waals surface area (Å²) in [5, 5.41) is 2.84. The molecule has 192 valence electrons. The number of ether oxygens (including phenoxy) is 1. The largest absolute Gasteiger partial charge is 0.493 e. The summed E-state index contributed by atoms with van der Waals surface area (Å²) in [5.74, 6) is 0.328. The number of rotatable bonds is 6. The molecule has 0 spiro atoms. The van der Waals surface area contributed by atoms with Gasteiger partial charge in [0.25, 0.3) is 0 Å². The molecule has 0 aliphatic carbocycles. The molecule has 2 aromatic heterocycles. The van der Waals surface area contributed by atoms with E-state index in [0.717, 1.165) is 17.7 Å². The quantitative estimate of drug-likeness (QED) is 0.297. The Labute approximate surface area is 214 Å². The Bertz CT molecular complexity index is 1560. The summed E-state index contributed by atoms with van der Waals surface area (Å²) in [6, 6.07) is 14.1. The molecule has 2 aromatic carbocycles. The molecule has 3 heterocycles. The van der Waals surface area contributed by atoms with Crippen molar-refractivity contribution in [1.82, 2.24) is 15.0 Å². The SMILES string of the molecule is COc1cc(C2=C(c3ccnc(Nc4cccc(C(F)(F)F)c4)n3)CC(c3ccc(F)cc3)=N2)cnc1N. The Balaban J connectivity index is 1.54. The van der Waals surface area contributed by atoms with Gasteiger partial charge in [-0.2, -0.15) is 13.2 Å². The van der Waals surface area contributed by atoms with Gasteiger partial charge in [0.2, 0.25) is 5.95 Å². The number of nitrogen functional groups attached to an aromatic ring is 1. The Hall–Kier alpha value is -4.80. The van der Waals surface area contributed by atoms with Gasteiger partial charge in [-0.15, -0.1) is 0 Å². The van der Waals surface area contributed by atoms with E-state index in [1.165, 1.54) is 37.6 Å². The van der Waals surface area contributed by atoms with Crippen molar-refractivity contribution in [1.29, 1.82) is 0 Å². The van der Waals surface area contributed by atoms with Crippen LogP contribution in [0.5, 0.6) is 5.75 Å². The minimum Gasteiger partial charge on any atom is -0.493 e. The van der Waals surface area contributed by atoms with E-state index in [1.807, 2.05) is 0 Å². The van der Waals surface area contributed by atoms with Gasteiger partial charge in [0.15, 0.2) is 11.6 Å². The molecule has 11 heteroatoms. The van der Waals surface area contributed by atoms with Crippen LogP contribution < -0.4 is 15.8 Å². The van der Waals surface area contributed by atoms with Crippen molar-refractivity contribution < 1.29 is 22.3 Å². The molecule has 5 rings (SSSR count). The summed E-state index contributed by atoms with van der Waals surface area (Å²) in [5.41, 5.74) is 9.08. The minimum absolute atomic E-state index is 0.108. The maximum absolute atomic E-state index is 13.5. The standard InChI is InChI=1S/C27H20F4N6O/c1-38-23-11-16(14-34-25(23)32)24-20(13-22(36-24)15-5-7-18(28)8-6-15)21-9-10-33-26(37-21)35-19-4-2-3-17(12-19)27(29,30)31/h2-12,14H,13H2,1H3,(H2,32,34)(H,33,35,37). The van der Waals surface area contributed by atoms with E-state index in [4.69, 9.17) is 15.5 Å². The van der Waals surface area contributed by atoms with Crippen LogP contribution in [0, 0.1) is 5.82 Å². The third-order valence-corrected chi connectivity index (χ3v) is 5.84. The average molecular weight is 520 g/mol. The van der Waals surface area contributed by atoms with Gasteiger partial charge in [-0.3, -0.25) is 4.99 Å². The molecule has 0 saturated heterocycles. The van der Waals surface area contributed by atoms with Crippen LogP contribution in [0.4, 0.5) is 35.0 Å². The fraction of sp³-hybridized carbons (Fsp3) is 0.111. The van der Waals surface area contributed by atoms with Crippen molar-refractivity contribution in [3.8, 4) is 5.75 Å². The van der Waals surface area contributed by atoms with Crippen LogP contribution in [0.2, 0.25) is 0 Å². The first-order valence-electron chi connectivity index (χ1n) is 11.4. The number of aromatic nitrogens is 3. The van der Waals surface area contributed by atoms with Gasteiger partial charge < -0.3 is 15.8 Å². The number of nitrogens with one attached hydrogen (secondary N) is 1. The van der Waals surface area contributed by atoms with Crippen LogP contribution in [0.1, 0.15) is 28.8 Å². The summed E-state index contributed by atoms with van der Waals surface area (Å²) in [7, 11) is 1.48. The topological polar surface area (TPSA) is 98.3 Å². The van der Waals surface area contributed by atoms with Gasteiger partial charge in [-0.1, -0.05) is 18.2 Å². The molecular formula is C27H20F4N6O. The van der Waals surface area contributed by atoms with Gasteiger partial charge in [0.05, 0.1) is 29.8 Å². The Kier molecular flexibility index (Phi) is 6.50. The van der Waals surface area contributed by atoms with Crippen molar-refractivity contribution in [3.63, 3.8) is 0 Å². The molecule has 38 heavy (non-hydrogen) atoms. The third-order valence-electron chi connectivity index (χ3n) is 5.84. The lowest BCUT2D eigenvalue weighted by Crippen LogP contribution is -2.06. The number of anilines is 3. The van der Waals surface area contributed by atoms with Crippen LogP contribution in [-0.2, 0) is 6.18 Å². The van der Waals surface area contributed by atoms with Gasteiger partial charge in [-0.25, -0.2) is 19.3 Å². The zero-order chi connectivity index (χ0) is 26.9. The second-order valence-corrected chi connectivity index (χ2v) is 8.35. The minimum atomic E-state index is -4.48. The van der Waals surface area contributed by atoms with Crippen molar-refractivity contribution in [3.05, 3.63) is 101 Å². The highest BCUT2D eigenvalue weighted by molar-refractivity contribution is 6.16. The first-order chi connectivity index (χ1) is 18.2. The Morgan fingerprint density at radius 1 is 0.974 bits per heavy atom. The number of halogens is 4. The zero-order valence-corrected chi connectivity index (χ0v) is 19.9. The molecule has 4 aromatic rings. The molecule has 0 bridgehead atoms. The van der Waals surface area contributed by atoms with Crippen molar-refractivity contribution in [2.75, 3.05) is 18.2 Å². The predicted octanol–water partition coefficient (Wildman–Crippen LogP) is 6.13. The lowest BCUT2D eigenvalue weighted by Gasteiger charge is -2.11. The third kappa shape index (κ3) is 5.17. The average Bonchev–Trinajstić information content (AvgIpc) is 3.35. The molecule has 0 unspecified atom stereocenters. The summed E-state index contributed by atoms with van der Waals surface area (Å²) in [4.78, 5) is 17.7. The molecule has 1 aliphatic rings. The Morgan fingerprint density at radius 2 is 1.76 bits per heavy atom. The first kappa shape index (κ1) is 24.9. The van der Waals surface area contributed by atoms with Gasteiger partial charge in [0, 0.05) is 35.6 Å². The second-order valence-electron chi connectivity index (χ2n) is 8.35. The highest BCUT2D eigenvalue weighted by atomic mass is 19.4. The number of allylic oxidation sites excluding steroid dienone is 1. The summed E-state index contributed by atoms with van der Waals surface area (Å²) < 4.78 is 58.2. The number of benzene rings is 2. The normalized spacial score (nSPS) is 13.4. The van der Waals surface area contributed by atoms with Crippen molar-refractivity contribution >= 4 is 34.4 Å². The fourth-order valence-corrected chi connectivity index (χ4v) is 3.99. The molecule has 3 N–H and O–H groups in total. The van der Waals surface area contributed by atoms with Gasteiger partial charge in [0.1, 0.15) is 5.82 Å². The molecular weight excluding hydrogens is 500 g/mol. The Morgan fingerprint density at radius 3 is 2.50 bits per heavy atom. The number of nitrogens with two attached hydrogens (primary N) is 1. The number of hydrogen-bond acceptors (Lipinski definition) is 7. The van der Waals surface area contributed by atoms with E-state index in [0.29, 0.717) is 40.4 Å². The van der Waals surface area contributed by atoms with E-state index in [-0.39, 0.29) is 23.3 Å². The molecule has 0 radical (unpaired) electrons. The maximum Gasteiger partial charge on any atom is 0.416 e. The number of aliphatic imine (C=N–C) groups is 1. The molecule has 0 amide bonds. The molecule has 7 nitrogen and oxygen atoms in total. The summed E-state index contributed by atoms with van der Waals surface area (Å²) in [6.07, 6.45) is -1.06. The van der Waals surface area contributed by atoms with Crippen molar-refractivity contribution in [2.24, 2.45) is 4.99 Å². The smallest absolute Gasteiger partial charge is 0.416 e. The molecule has 0 saturated carbocycles. The first-order valence-corrected chi connectivity index (χ1v) is 11.4. The van der Waals surface area contributed by atoms with Crippen LogP contribution in [0.3, 0.4) is 0 Å². The number of methoxy groups -OCH3 is 1. The molecule has 0 atom stereocenters. The number of hydrogen-bond donors (Lipinski definition) is 2.